The molecule has 0 saturated carbocycles. The number of hydrogen-bond donors (Lipinski definition) is 4. The lowest BCUT2D eigenvalue weighted by atomic mass is 10.0. The summed E-state index contributed by atoms with van der Waals surface area (Å²) in [4.78, 5) is 40.0. The molecule has 3 rings (SSSR count). The van der Waals surface area contributed by atoms with Gasteiger partial charge in [-0.3, -0.25) is 14.7 Å². The zero-order valence-corrected chi connectivity index (χ0v) is 19.5. The number of alkyl halides is 3. The summed E-state index contributed by atoms with van der Waals surface area (Å²) in [5.74, 6) is -3.33. The Hall–Kier alpha value is -4.16. The van der Waals surface area contributed by atoms with Crippen LogP contribution in [0.2, 0.25) is 0 Å². The van der Waals surface area contributed by atoms with Crippen molar-refractivity contribution in [3.63, 3.8) is 0 Å². The largest absolute Gasteiger partial charge is 0.480 e. The molecule has 0 spiro atoms. The number of nitrogens with one attached hydrogen (secondary N) is 3. The topological polar surface area (TPSA) is 150 Å². The van der Waals surface area contributed by atoms with Crippen LogP contribution < -0.4 is 10.6 Å². The van der Waals surface area contributed by atoms with Gasteiger partial charge in [-0.1, -0.05) is 32.9 Å². The summed E-state index contributed by atoms with van der Waals surface area (Å²) in [7, 11) is 0. The number of hydrogen-bond acceptors (Lipinski definition) is 6. The second-order valence-corrected chi connectivity index (χ2v) is 8.29. The molecular formula is C23H24F3N5O5. The van der Waals surface area contributed by atoms with Crippen molar-refractivity contribution in [2.24, 2.45) is 5.92 Å². The number of carboxylic acids is 1. The number of nitrogens with zero attached hydrogens (tertiary/aromatic N) is 2. The van der Waals surface area contributed by atoms with Crippen LogP contribution in [-0.2, 0) is 4.79 Å². The number of aromatic amines is 1. The van der Waals surface area contributed by atoms with E-state index in [0.29, 0.717) is 11.1 Å². The summed E-state index contributed by atoms with van der Waals surface area (Å²) in [6.07, 6.45) is -3.72. The predicted octanol–water partition coefficient (Wildman–Crippen LogP) is 3.64. The molecule has 1 aromatic carbocycles. The van der Waals surface area contributed by atoms with Crippen molar-refractivity contribution < 1.29 is 37.1 Å². The van der Waals surface area contributed by atoms with E-state index < -0.39 is 36.0 Å². The predicted molar refractivity (Wildman–Crippen MR) is 121 cm³/mol. The maximum Gasteiger partial charge on any atom is 0.408 e. The minimum Gasteiger partial charge on any atom is -0.480 e. The molecule has 1 unspecified atom stereocenters. The Balaban J connectivity index is 1.77. The summed E-state index contributed by atoms with van der Waals surface area (Å²) < 4.78 is 44.3. The third kappa shape index (κ3) is 6.09. The van der Waals surface area contributed by atoms with Crippen LogP contribution in [0.5, 0.6) is 0 Å². The minimum absolute atomic E-state index is 0.0721. The summed E-state index contributed by atoms with van der Waals surface area (Å²) in [6, 6.07) is 4.75. The van der Waals surface area contributed by atoms with Gasteiger partial charge in [-0.25, -0.2) is 9.78 Å². The standard InChI is InChI=1S/C23H24F3N5O5/c1-4-17(23(24,25)26)28-19(32)15-9-14(30-31-15)12-6-5-7-13(8-12)21-27-10-16(36-21)20(33)29-18(11(2)3)22(34)35/h5-11,17-18H,4H2,1-3H3,(H,28,32)(H,29,33)(H,30,31)(H,34,35)/t17?,18-/m0/s1. The van der Waals surface area contributed by atoms with E-state index in [9.17, 15) is 32.7 Å². The van der Waals surface area contributed by atoms with E-state index in [1.54, 1.807) is 38.1 Å². The lowest BCUT2D eigenvalue weighted by Crippen LogP contribution is -2.45. The average molecular weight is 507 g/mol. The van der Waals surface area contributed by atoms with Crippen molar-refractivity contribution in [2.75, 3.05) is 0 Å². The van der Waals surface area contributed by atoms with Gasteiger partial charge in [0.05, 0.1) is 11.9 Å². The lowest BCUT2D eigenvalue weighted by Gasteiger charge is -2.19. The lowest BCUT2D eigenvalue weighted by molar-refractivity contribution is -0.153. The Bertz CT molecular complexity index is 1250. The number of aliphatic carboxylic acids is 1. The van der Waals surface area contributed by atoms with E-state index >= 15 is 0 Å². The van der Waals surface area contributed by atoms with Gasteiger partial charge in [0.25, 0.3) is 11.8 Å². The first kappa shape index (κ1) is 26.4. The fourth-order valence-corrected chi connectivity index (χ4v) is 3.29. The van der Waals surface area contributed by atoms with Gasteiger partial charge in [0.15, 0.2) is 0 Å². The van der Waals surface area contributed by atoms with Crippen LogP contribution in [0.25, 0.3) is 22.7 Å². The SMILES string of the molecule is CCC(NC(=O)c1cc(-c2cccc(-c3ncc(C(=O)N[C@H](C(=O)O)C(C)C)o3)c2)n[nH]1)C(F)(F)F. The van der Waals surface area contributed by atoms with Crippen LogP contribution in [0.4, 0.5) is 13.2 Å². The van der Waals surface area contributed by atoms with Crippen molar-refractivity contribution in [2.45, 2.75) is 45.5 Å². The van der Waals surface area contributed by atoms with Gasteiger partial charge in [-0.05, 0) is 30.5 Å². The second-order valence-electron chi connectivity index (χ2n) is 8.29. The third-order valence-corrected chi connectivity index (χ3v) is 5.29. The van der Waals surface area contributed by atoms with Gasteiger partial charge in [0.2, 0.25) is 11.7 Å². The van der Waals surface area contributed by atoms with Crippen molar-refractivity contribution >= 4 is 17.8 Å². The molecule has 0 bridgehead atoms. The van der Waals surface area contributed by atoms with Gasteiger partial charge in [-0.2, -0.15) is 18.3 Å². The first-order valence-electron chi connectivity index (χ1n) is 10.9. The van der Waals surface area contributed by atoms with Crippen LogP contribution in [-0.4, -0.2) is 56.3 Å². The number of oxazole rings is 1. The third-order valence-electron chi connectivity index (χ3n) is 5.29. The Morgan fingerprint density at radius 3 is 2.42 bits per heavy atom. The molecule has 2 heterocycles. The van der Waals surface area contributed by atoms with Gasteiger partial charge < -0.3 is 20.2 Å². The van der Waals surface area contributed by atoms with Crippen LogP contribution in [0.1, 0.15) is 48.2 Å². The zero-order valence-electron chi connectivity index (χ0n) is 19.5. The highest BCUT2D eigenvalue weighted by atomic mass is 19.4. The Morgan fingerprint density at radius 2 is 1.81 bits per heavy atom. The van der Waals surface area contributed by atoms with E-state index in [1.165, 1.54) is 19.2 Å². The molecule has 192 valence electrons. The summed E-state index contributed by atoms with van der Waals surface area (Å²) in [5, 5.41) is 20.0. The van der Waals surface area contributed by atoms with Crippen LogP contribution in [0.3, 0.4) is 0 Å². The highest BCUT2D eigenvalue weighted by molar-refractivity contribution is 5.95. The van der Waals surface area contributed by atoms with Crippen molar-refractivity contribution in [1.82, 2.24) is 25.8 Å². The number of carbonyl (C=O) groups is 3. The molecule has 13 heteroatoms. The molecule has 2 atom stereocenters. The molecule has 3 aromatic rings. The number of amides is 2. The number of aromatic nitrogens is 3. The number of halogens is 3. The Labute approximate surface area is 203 Å². The zero-order chi connectivity index (χ0) is 26.6. The second kappa shape index (κ2) is 10.6. The highest BCUT2D eigenvalue weighted by Crippen LogP contribution is 2.26. The van der Waals surface area contributed by atoms with Crippen molar-refractivity contribution in [3.8, 4) is 22.7 Å². The number of benzene rings is 1. The van der Waals surface area contributed by atoms with Crippen molar-refractivity contribution in [3.05, 3.63) is 48.0 Å². The van der Waals surface area contributed by atoms with E-state index in [-0.39, 0.29) is 35.4 Å². The first-order valence-corrected chi connectivity index (χ1v) is 10.9. The Morgan fingerprint density at radius 1 is 1.11 bits per heavy atom. The van der Waals surface area contributed by atoms with Gasteiger partial charge in [0, 0.05) is 11.1 Å². The molecule has 0 aliphatic rings. The molecule has 2 aromatic heterocycles. The molecule has 0 aliphatic heterocycles. The van der Waals surface area contributed by atoms with Crippen molar-refractivity contribution in [1.29, 1.82) is 0 Å². The molecule has 36 heavy (non-hydrogen) atoms. The maximum absolute atomic E-state index is 13.0. The Kier molecular flexibility index (Phi) is 7.80. The molecule has 0 saturated heterocycles. The fourth-order valence-electron chi connectivity index (χ4n) is 3.29. The van der Waals surface area contributed by atoms with E-state index in [1.807, 2.05) is 5.32 Å². The van der Waals surface area contributed by atoms with E-state index in [2.05, 4.69) is 20.5 Å². The van der Waals surface area contributed by atoms with Gasteiger partial charge in [-0.15, -0.1) is 0 Å². The van der Waals surface area contributed by atoms with E-state index in [0.717, 1.165) is 0 Å². The average Bonchev–Trinajstić information content (AvgIpc) is 3.50. The van der Waals surface area contributed by atoms with Crippen LogP contribution in [0.15, 0.2) is 40.9 Å². The van der Waals surface area contributed by atoms with E-state index in [4.69, 9.17) is 4.42 Å². The number of carbonyl (C=O) groups excluding carboxylic acids is 2. The van der Waals surface area contributed by atoms with Crippen LogP contribution >= 0.6 is 0 Å². The number of H-pyrrole nitrogens is 1. The molecular weight excluding hydrogens is 483 g/mol. The normalized spacial score (nSPS) is 13.3. The first-order chi connectivity index (χ1) is 16.9. The smallest absolute Gasteiger partial charge is 0.408 e. The quantitative estimate of drug-likeness (QED) is 0.345. The monoisotopic (exact) mass is 507 g/mol. The molecule has 0 aliphatic carbocycles. The summed E-state index contributed by atoms with van der Waals surface area (Å²) >= 11 is 0. The molecule has 4 N–H and O–H groups in total. The molecule has 0 fully saturated rings. The number of carboxylic acid groups (broad SMARTS) is 1. The number of rotatable bonds is 9. The van der Waals surface area contributed by atoms with Gasteiger partial charge in [0.1, 0.15) is 17.8 Å². The fraction of sp³-hybridized carbons (Fsp3) is 0.348. The summed E-state index contributed by atoms with van der Waals surface area (Å²) in [6.45, 7) is 4.62. The summed E-state index contributed by atoms with van der Waals surface area (Å²) in [5.41, 5.74) is 1.09. The van der Waals surface area contributed by atoms with Gasteiger partial charge >= 0.3 is 12.1 Å². The molecule has 0 radical (unpaired) electrons. The molecule has 2 amide bonds. The van der Waals surface area contributed by atoms with Crippen LogP contribution in [0, 0.1) is 5.92 Å². The molecule has 10 nitrogen and oxygen atoms in total. The minimum atomic E-state index is -4.57. The highest BCUT2D eigenvalue weighted by Gasteiger charge is 2.39. The maximum atomic E-state index is 13.0.